The maximum absolute atomic E-state index is 12.3. The third-order valence-electron chi connectivity index (χ3n) is 11.8. The molecule has 0 radical (unpaired) electrons. The fraction of sp³-hybridized carbons (Fsp3) is 0.882. The number of allylic oxidation sites excluding steroid dienone is 1. The Hall–Kier alpha value is -1.52. The molecule has 5 nitrogen and oxygen atoms in total. The molecule has 3 saturated carbocycles. The van der Waals surface area contributed by atoms with Crippen LogP contribution >= 0.6 is 0 Å². The number of amides is 1. The van der Waals surface area contributed by atoms with Gasteiger partial charge in [0.05, 0.1) is 0 Å². The Balaban J connectivity index is 1.32. The maximum Gasteiger partial charge on any atom is 0.440 e. The normalized spacial score (nSPS) is 36.3. The zero-order valence-corrected chi connectivity index (χ0v) is 25.9. The molecular weight excluding hydrogens is 486 g/mol. The van der Waals surface area contributed by atoms with E-state index in [1.54, 1.807) is 0 Å². The van der Waals surface area contributed by atoms with Crippen molar-refractivity contribution in [2.24, 2.45) is 46.3 Å². The topological polar surface area (TPSA) is 64.6 Å². The minimum absolute atomic E-state index is 0.143. The summed E-state index contributed by atoms with van der Waals surface area (Å²) in [5.74, 6) is 4.56. The second kappa shape index (κ2) is 13.0. The number of carbonyl (C=O) groups excluding carboxylic acids is 2. The van der Waals surface area contributed by atoms with Crippen LogP contribution in [-0.2, 0) is 14.4 Å². The molecule has 0 aliphatic heterocycles. The van der Waals surface area contributed by atoms with Gasteiger partial charge in [-0.2, -0.15) is 0 Å². The quantitative estimate of drug-likeness (QED) is 0.169. The first-order valence-corrected chi connectivity index (χ1v) is 16.4. The third-order valence-corrected chi connectivity index (χ3v) is 11.8. The summed E-state index contributed by atoms with van der Waals surface area (Å²) in [6.45, 7) is 14.5. The molecule has 4 aliphatic carbocycles. The Morgan fingerprint density at radius 2 is 1.79 bits per heavy atom. The van der Waals surface area contributed by atoms with Gasteiger partial charge in [0.2, 0.25) is 0 Å². The van der Waals surface area contributed by atoms with Gasteiger partial charge < -0.3 is 9.57 Å². The molecule has 0 bridgehead atoms. The van der Waals surface area contributed by atoms with E-state index in [-0.39, 0.29) is 11.5 Å². The first kappa shape index (κ1) is 30.4. The van der Waals surface area contributed by atoms with Crippen molar-refractivity contribution in [2.45, 2.75) is 144 Å². The molecule has 0 aromatic rings. The number of carbonyl (C=O) groups is 2. The summed E-state index contributed by atoms with van der Waals surface area (Å²) >= 11 is 0. The number of unbranched alkanes of at least 4 members (excludes halogenated alkanes) is 2. The first-order chi connectivity index (χ1) is 18.6. The van der Waals surface area contributed by atoms with Crippen LogP contribution in [0.25, 0.3) is 0 Å². The SMILES string of the molecule is CCCCCC(=O)ONC(=O)O[C@H]1CC[C@@]2(C)C(=CC[C@H]3[C@@H]4CC[C@H]([C@H](C)CCCC(C)C)[C@@]4(C)CC[C@@H]32)C1. The summed E-state index contributed by atoms with van der Waals surface area (Å²) in [6, 6.07) is 0. The van der Waals surface area contributed by atoms with E-state index in [1.807, 2.05) is 0 Å². The lowest BCUT2D eigenvalue weighted by Gasteiger charge is -2.58. The van der Waals surface area contributed by atoms with E-state index in [4.69, 9.17) is 9.57 Å². The van der Waals surface area contributed by atoms with Gasteiger partial charge >= 0.3 is 12.1 Å². The number of rotatable bonds is 10. The molecule has 1 N–H and O–H groups in total. The van der Waals surface area contributed by atoms with E-state index in [9.17, 15) is 9.59 Å². The number of hydrogen-bond donors (Lipinski definition) is 1. The van der Waals surface area contributed by atoms with Crippen LogP contribution in [0, 0.1) is 46.3 Å². The zero-order valence-electron chi connectivity index (χ0n) is 25.9. The van der Waals surface area contributed by atoms with Crippen molar-refractivity contribution < 1.29 is 19.2 Å². The summed E-state index contributed by atoms with van der Waals surface area (Å²) in [5.41, 5.74) is 4.45. The summed E-state index contributed by atoms with van der Waals surface area (Å²) in [7, 11) is 0. The highest BCUT2D eigenvalue weighted by Gasteiger charge is 2.59. The number of fused-ring (bicyclic) bond motifs is 5. The van der Waals surface area contributed by atoms with Gasteiger partial charge in [-0.3, -0.25) is 0 Å². The van der Waals surface area contributed by atoms with Crippen LogP contribution in [0.2, 0.25) is 0 Å². The van der Waals surface area contributed by atoms with Crippen molar-refractivity contribution >= 4 is 12.1 Å². The van der Waals surface area contributed by atoms with E-state index in [1.165, 1.54) is 56.9 Å². The molecule has 0 spiro atoms. The second-order valence-electron chi connectivity index (χ2n) is 14.6. The third kappa shape index (κ3) is 6.70. The molecule has 0 unspecified atom stereocenters. The van der Waals surface area contributed by atoms with Crippen molar-refractivity contribution in [1.82, 2.24) is 5.48 Å². The molecule has 0 aromatic carbocycles. The summed E-state index contributed by atoms with van der Waals surface area (Å²) < 4.78 is 5.70. The van der Waals surface area contributed by atoms with Crippen LogP contribution < -0.4 is 5.48 Å². The largest absolute Gasteiger partial charge is 0.444 e. The number of hydroxylamine groups is 1. The zero-order chi connectivity index (χ0) is 28.2. The van der Waals surface area contributed by atoms with Gasteiger partial charge in [-0.05, 0) is 97.7 Å². The highest BCUT2D eigenvalue weighted by Crippen LogP contribution is 2.67. The smallest absolute Gasteiger partial charge is 0.440 e. The van der Waals surface area contributed by atoms with Crippen molar-refractivity contribution in [3.05, 3.63) is 11.6 Å². The standard InChI is InChI=1S/C34H57NO4/c1-7-8-9-13-31(36)39-35-32(37)38-26-18-20-33(5)25(22-26)14-15-27-29-17-16-28(24(4)12-10-11-23(2)3)34(29,6)21-19-30(27)33/h14,23-24,26-30H,7-13,15-22H2,1-6H3,(H,35,37)/t24-,26+,27+,28-,29+,30+,33+,34-/m1/s1. The Morgan fingerprint density at radius 3 is 2.54 bits per heavy atom. The molecule has 5 heteroatoms. The molecule has 39 heavy (non-hydrogen) atoms. The van der Waals surface area contributed by atoms with Crippen LogP contribution in [0.15, 0.2) is 11.6 Å². The number of ether oxygens (including phenoxy) is 1. The molecule has 4 rings (SSSR count). The van der Waals surface area contributed by atoms with Crippen LogP contribution in [0.1, 0.15) is 138 Å². The van der Waals surface area contributed by atoms with E-state index < -0.39 is 12.1 Å². The fourth-order valence-electron chi connectivity index (χ4n) is 9.60. The summed E-state index contributed by atoms with van der Waals surface area (Å²) in [5, 5.41) is 0. The molecule has 0 saturated heterocycles. The van der Waals surface area contributed by atoms with E-state index in [0.29, 0.717) is 11.8 Å². The van der Waals surface area contributed by atoms with Crippen LogP contribution in [-0.4, -0.2) is 18.2 Å². The molecular formula is C34H57NO4. The van der Waals surface area contributed by atoms with E-state index in [0.717, 1.165) is 74.0 Å². The lowest BCUT2D eigenvalue weighted by molar-refractivity contribution is -0.150. The van der Waals surface area contributed by atoms with Crippen LogP contribution in [0.3, 0.4) is 0 Å². The summed E-state index contributed by atoms with van der Waals surface area (Å²) in [6.07, 6.45) is 18.6. The molecule has 4 aliphatic rings. The Morgan fingerprint density at radius 1 is 1.00 bits per heavy atom. The monoisotopic (exact) mass is 543 g/mol. The minimum Gasteiger partial charge on any atom is -0.444 e. The molecule has 222 valence electrons. The van der Waals surface area contributed by atoms with Crippen molar-refractivity contribution in [2.75, 3.05) is 0 Å². The molecule has 0 aromatic heterocycles. The number of hydrogen-bond acceptors (Lipinski definition) is 4. The molecule has 8 atom stereocenters. The molecule has 0 heterocycles. The van der Waals surface area contributed by atoms with Gasteiger partial charge in [0.1, 0.15) is 6.10 Å². The Labute approximate surface area is 238 Å². The van der Waals surface area contributed by atoms with Crippen molar-refractivity contribution in [3.8, 4) is 0 Å². The van der Waals surface area contributed by atoms with Gasteiger partial charge in [-0.15, -0.1) is 5.48 Å². The van der Waals surface area contributed by atoms with E-state index in [2.05, 4.69) is 53.1 Å². The van der Waals surface area contributed by atoms with Crippen LogP contribution in [0.5, 0.6) is 0 Å². The molecule has 3 fully saturated rings. The van der Waals surface area contributed by atoms with Gasteiger partial charge in [0.25, 0.3) is 0 Å². The van der Waals surface area contributed by atoms with Gasteiger partial charge in [0.15, 0.2) is 0 Å². The van der Waals surface area contributed by atoms with Crippen molar-refractivity contribution in [1.29, 1.82) is 0 Å². The van der Waals surface area contributed by atoms with Crippen molar-refractivity contribution in [3.63, 3.8) is 0 Å². The Bertz CT molecular complexity index is 882. The van der Waals surface area contributed by atoms with Crippen LogP contribution in [0.4, 0.5) is 4.79 Å². The predicted octanol–water partition coefficient (Wildman–Crippen LogP) is 9.16. The maximum atomic E-state index is 12.3. The molecule has 1 amide bonds. The fourth-order valence-corrected chi connectivity index (χ4v) is 9.60. The number of nitrogens with one attached hydrogen (secondary N) is 1. The highest BCUT2D eigenvalue weighted by molar-refractivity contribution is 5.73. The Kier molecular flexibility index (Phi) is 10.1. The van der Waals surface area contributed by atoms with Gasteiger partial charge in [-0.25, -0.2) is 9.59 Å². The first-order valence-electron chi connectivity index (χ1n) is 16.4. The van der Waals surface area contributed by atoms with Gasteiger partial charge in [-0.1, -0.05) is 85.3 Å². The van der Waals surface area contributed by atoms with Gasteiger partial charge in [0, 0.05) is 12.8 Å². The average Bonchev–Trinajstić information content (AvgIpc) is 3.25. The lowest BCUT2D eigenvalue weighted by atomic mass is 9.47. The summed E-state index contributed by atoms with van der Waals surface area (Å²) in [4.78, 5) is 29.1. The average molecular weight is 544 g/mol. The minimum atomic E-state index is -0.644. The lowest BCUT2D eigenvalue weighted by Crippen LogP contribution is -2.51. The highest BCUT2D eigenvalue weighted by atomic mass is 16.7. The second-order valence-corrected chi connectivity index (χ2v) is 14.6. The van der Waals surface area contributed by atoms with E-state index >= 15 is 0 Å². The predicted molar refractivity (Wildman–Crippen MR) is 157 cm³/mol.